The van der Waals surface area contributed by atoms with Crippen LogP contribution in [0.4, 0.5) is 0 Å². The molecule has 0 radical (unpaired) electrons. The molecule has 6 nitrogen and oxygen atoms in total. The van der Waals surface area contributed by atoms with Crippen LogP contribution in [0.5, 0.6) is 0 Å². The summed E-state index contributed by atoms with van der Waals surface area (Å²) in [6.07, 6.45) is 0.234. The summed E-state index contributed by atoms with van der Waals surface area (Å²) >= 11 is 0. The first-order chi connectivity index (χ1) is 13.6. The number of para-hydroxylation sites is 1. The molecule has 142 valence electrons. The van der Waals surface area contributed by atoms with Crippen molar-refractivity contribution in [2.45, 2.75) is 13.0 Å². The second kappa shape index (κ2) is 7.68. The van der Waals surface area contributed by atoms with Gasteiger partial charge in [-0.25, -0.2) is 4.79 Å². The zero-order chi connectivity index (χ0) is 19.5. The Morgan fingerprint density at radius 2 is 1.68 bits per heavy atom. The highest BCUT2D eigenvalue weighted by Gasteiger charge is 2.26. The number of nitrogens with zero attached hydrogens (tertiary/aromatic N) is 2. The number of carbonyl (C=O) groups excluding carboxylic acids is 2. The Labute approximate surface area is 162 Å². The van der Waals surface area contributed by atoms with Gasteiger partial charge in [0.15, 0.2) is 0 Å². The molecule has 0 saturated carbocycles. The molecule has 1 saturated heterocycles. The van der Waals surface area contributed by atoms with Gasteiger partial charge in [-0.3, -0.25) is 9.59 Å². The van der Waals surface area contributed by atoms with E-state index in [0.717, 1.165) is 5.56 Å². The lowest BCUT2D eigenvalue weighted by molar-refractivity contribution is -0.130. The molecule has 0 spiro atoms. The van der Waals surface area contributed by atoms with Gasteiger partial charge in [0.05, 0.1) is 0 Å². The Morgan fingerprint density at radius 3 is 2.50 bits per heavy atom. The molecule has 0 aliphatic carbocycles. The standard InChI is InChI=1S/C22H20N2O4/c25-20-10-11-23(12-13-24(20)15-16-6-2-1-3-7-16)21(26)18-14-17-8-4-5-9-19(17)28-22(18)27/h1-9,14H,10-13,15H2. The van der Waals surface area contributed by atoms with Crippen LogP contribution >= 0.6 is 0 Å². The van der Waals surface area contributed by atoms with Gasteiger partial charge in [0.2, 0.25) is 5.91 Å². The number of carbonyl (C=O) groups is 2. The summed E-state index contributed by atoms with van der Waals surface area (Å²) in [5.74, 6) is -0.390. The van der Waals surface area contributed by atoms with Gasteiger partial charge >= 0.3 is 5.63 Å². The molecule has 1 aliphatic rings. The molecule has 3 aromatic rings. The van der Waals surface area contributed by atoms with Crippen molar-refractivity contribution >= 4 is 22.8 Å². The van der Waals surface area contributed by atoms with Gasteiger partial charge in [-0.1, -0.05) is 48.5 Å². The maximum absolute atomic E-state index is 12.9. The first kappa shape index (κ1) is 18.0. The van der Waals surface area contributed by atoms with Crippen molar-refractivity contribution in [3.63, 3.8) is 0 Å². The normalized spacial score (nSPS) is 14.9. The number of hydrogen-bond acceptors (Lipinski definition) is 4. The largest absolute Gasteiger partial charge is 0.422 e. The third kappa shape index (κ3) is 3.67. The fraction of sp³-hybridized carbons (Fsp3) is 0.227. The average Bonchev–Trinajstić information content (AvgIpc) is 2.90. The van der Waals surface area contributed by atoms with Gasteiger partial charge in [-0.05, 0) is 17.7 Å². The molecular formula is C22H20N2O4. The molecule has 2 amide bonds. The molecule has 0 bridgehead atoms. The zero-order valence-electron chi connectivity index (χ0n) is 15.3. The minimum atomic E-state index is -0.652. The average molecular weight is 376 g/mol. The minimum Gasteiger partial charge on any atom is -0.422 e. The summed E-state index contributed by atoms with van der Waals surface area (Å²) in [5.41, 5.74) is 0.845. The lowest BCUT2D eigenvalue weighted by Gasteiger charge is -2.22. The van der Waals surface area contributed by atoms with Gasteiger partial charge in [-0.15, -0.1) is 0 Å². The van der Waals surface area contributed by atoms with E-state index in [1.54, 1.807) is 34.1 Å². The van der Waals surface area contributed by atoms with E-state index in [1.165, 1.54) is 0 Å². The highest BCUT2D eigenvalue weighted by Crippen LogP contribution is 2.16. The number of fused-ring (bicyclic) bond motifs is 1. The van der Waals surface area contributed by atoms with Crippen LogP contribution in [0.25, 0.3) is 11.0 Å². The maximum Gasteiger partial charge on any atom is 0.349 e. The monoisotopic (exact) mass is 376 g/mol. The van der Waals surface area contributed by atoms with E-state index in [1.807, 2.05) is 36.4 Å². The van der Waals surface area contributed by atoms with E-state index >= 15 is 0 Å². The molecule has 2 heterocycles. The quantitative estimate of drug-likeness (QED) is 0.659. The van der Waals surface area contributed by atoms with Gasteiger partial charge in [0.1, 0.15) is 11.1 Å². The number of hydrogen-bond donors (Lipinski definition) is 0. The van der Waals surface area contributed by atoms with Gasteiger partial charge in [0.25, 0.3) is 5.91 Å². The molecule has 1 aliphatic heterocycles. The summed E-state index contributed by atoms with van der Waals surface area (Å²) in [6.45, 7) is 1.61. The fourth-order valence-corrected chi connectivity index (χ4v) is 3.42. The Hall–Kier alpha value is -3.41. The van der Waals surface area contributed by atoms with E-state index in [4.69, 9.17) is 4.42 Å². The first-order valence-corrected chi connectivity index (χ1v) is 9.26. The highest BCUT2D eigenvalue weighted by molar-refractivity contribution is 5.97. The second-order valence-corrected chi connectivity index (χ2v) is 6.83. The maximum atomic E-state index is 12.9. The van der Waals surface area contributed by atoms with Crippen molar-refractivity contribution < 1.29 is 14.0 Å². The first-order valence-electron chi connectivity index (χ1n) is 9.26. The Morgan fingerprint density at radius 1 is 0.929 bits per heavy atom. The van der Waals surface area contributed by atoms with Gasteiger partial charge in [-0.2, -0.15) is 0 Å². The van der Waals surface area contributed by atoms with Crippen molar-refractivity contribution in [3.05, 3.63) is 82.2 Å². The van der Waals surface area contributed by atoms with Crippen LogP contribution in [0.1, 0.15) is 22.3 Å². The van der Waals surface area contributed by atoms with Crippen LogP contribution in [0, 0.1) is 0 Å². The molecule has 28 heavy (non-hydrogen) atoms. The molecule has 1 aromatic heterocycles. The predicted octanol–water partition coefficient (Wildman–Crippen LogP) is 2.67. The number of amides is 2. The van der Waals surface area contributed by atoms with Gasteiger partial charge < -0.3 is 14.2 Å². The Bertz CT molecular complexity index is 1070. The topological polar surface area (TPSA) is 70.8 Å². The Balaban J connectivity index is 1.52. The summed E-state index contributed by atoms with van der Waals surface area (Å²) in [7, 11) is 0. The molecule has 6 heteroatoms. The predicted molar refractivity (Wildman–Crippen MR) is 105 cm³/mol. The minimum absolute atomic E-state index is 0.00246. The van der Waals surface area contributed by atoms with Crippen molar-refractivity contribution in [2.24, 2.45) is 0 Å². The molecule has 2 aromatic carbocycles. The molecule has 1 fully saturated rings. The molecular weight excluding hydrogens is 356 g/mol. The summed E-state index contributed by atoms with van der Waals surface area (Å²) < 4.78 is 5.28. The van der Waals surface area contributed by atoms with E-state index in [0.29, 0.717) is 30.6 Å². The molecule has 4 rings (SSSR count). The SMILES string of the molecule is O=C1CCN(C(=O)c2cc3ccccc3oc2=O)CCN1Cc1ccccc1. The molecule has 0 unspecified atom stereocenters. The smallest absolute Gasteiger partial charge is 0.349 e. The highest BCUT2D eigenvalue weighted by atomic mass is 16.4. The lowest BCUT2D eigenvalue weighted by Crippen LogP contribution is -2.37. The van der Waals surface area contributed by atoms with Crippen molar-refractivity contribution in [3.8, 4) is 0 Å². The van der Waals surface area contributed by atoms with Crippen LogP contribution in [0.15, 0.2) is 69.9 Å². The Kier molecular flexibility index (Phi) is 4.93. The van der Waals surface area contributed by atoms with Crippen LogP contribution in [0.3, 0.4) is 0 Å². The lowest BCUT2D eigenvalue weighted by atomic mass is 10.1. The van der Waals surface area contributed by atoms with Crippen LogP contribution < -0.4 is 5.63 Å². The zero-order valence-corrected chi connectivity index (χ0v) is 15.3. The van der Waals surface area contributed by atoms with Gasteiger partial charge in [0, 0.05) is 38.0 Å². The summed E-state index contributed by atoms with van der Waals surface area (Å²) in [6, 6.07) is 18.4. The summed E-state index contributed by atoms with van der Waals surface area (Å²) in [4.78, 5) is 41.0. The third-order valence-electron chi connectivity index (χ3n) is 4.96. The van der Waals surface area contributed by atoms with Crippen LogP contribution in [-0.2, 0) is 11.3 Å². The van der Waals surface area contributed by atoms with E-state index in [9.17, 15) is 14.4 Å². The third-order valence-corrected chi connectivity index (χ3v) is 4.96. The van der Waals surface area contributed by atoms with Crippen molar-refractivity contribution in [1.29, 1.82) is 0 Å². The number of rotatable bonds is 3. The van der Waals surface area contributed by atoms with Crippen molar-refractivity contribution in [2.75, 3.05) is 19.6 Å². The summed E-state index contributed by atoms with van der Waals surface area (Å²) in [5, 5.41) is 0.696. The molecule has 0 N–H and O–H groups in total. The van der Waals surface area contributed by atoms with E-state index < -0.39 is 11.5 Å². The second-order valence-electron chi connectivity index (χ2n) is 6.83. The van der Waals surface area contributed by atoms with Crippen molar-refractivity contribution in [1.82, 2.24) is 9.80 Å². The number of benzene rings is 2. The fourth-order valence-electron chi connectivity index (χ4n) is 3.42. The van der Waals surface area contributed by atoms with E-state index in [-0.39, 0.29) is 24.4 Å². The molecule has 0 atom stereocenters. The van der Waals surface area contributed by atoms with Crippen LogP contribution in [0.2, 0.25) is 0 Å². The van der Waals surface area contributed by atoms with E-state index in [2.05, 4.69) is 0 Å². The van der Waals surface area contributed by atoms with Crippen LogP contribution in [-0.4, -0.2) is 41.2 Å².